The predicted octanol–water partition coefficient (Wildman–Crippen LogP) is 3.96. The van der Waals surface area contributed by atoms with Gasteiger partial charge in [-0.2, -0.15) is 0 Å². The molecule has 0 saturated carbocycles. The molecule has 0 aliphatic rings. The molecule has 0 saturated heterocycles. The molecule has 0 spiro atoms. The van der Waals surface area contributed by atoms with Crippen LogP contribution in [0.5, 0.6) is 0 Å². The number of hydrogen-bond donors (Lipinski definition) is 1. The summed E-state index contributed by atoms with van der Waals surface area (Å²) in [4.78, 5) is 7.39. The number of rotatable bonds is 1. The van der Waals surface area contributed by atoms with Crippen LogP contribution in [0.4, 0.5) is 0 Å². The number of benzene rings is 2. The second-order valence-corrected chi connectivity index (χ2v) is 4.28. The molecule has 0 fully saturated rings. The Labute approximate surface area is 104 Å². The topological polar surface area (TPSA) is 28.7 Å². The molecule has 1 heterocycles. The molecule has 0 aliphatic carbocycles. The Hall–Kier alpha value is -2.00. The molecule has 2 nitrogen and oxygen atoms in total. The Kier molecular flexibility index (Phi) is 2.46. The molecule has 3 heteroatoms. The van der Waals surface area contributed by atoms with E-state index >= 15 is 0 Å². The Bertz CT molecular complexity index is 731. The van der Waals surface area contributed by atoms with Crippen LogP contribution in [0.2, 0.25) is 0 Å². The van der Waals surface area contributed by atoms with Crippen molar-refractivity contribution in [2.24, 2.45) is 0 Å². The van der Waals surface area contributed by atoms with Crippen molar-refractivity contribution in [3.8, 4) is 11.4 Å². The van der Waals surface area contributed by atoms with Crippen LogP contribution in [-0.2, 0) is 0 Å². The molecule has 0 atom stereocenters. The lowest BCUT2D eigenvalue weighted by Crippen LogP contribution is -1.87. The second-order valence-electron chi connectivity index (χ2n) is 3.84. The summed E-state index contributed by atoms with van der Waals surface area (Å²) in [6.45, 7) is 0. The Morgan fingerprint density at radius 2 is 1.76 bits per heavy atom. The first kappa shape index (κ1) is 10.2. The number of nitrogens with one attached hydrogen (secondary N) is 1. The van der Waals surface area contributed by atoms with E-state index in [0.717, 1.165) is 11.4 Å². The van der Waals surface area contributed by atoms with Gasteiger partial charge in [-0.05, 0) is 22.9 Å². The van der Waals surface area contributed by atoms with Gasteiger partial charge in [0.2, 0.25) is 0 Å². The number of hydrogen-bond acceptors (Lipinski definition) is 2. The van der Waals surface area contributed by atoms with Crippen LogP contribution in [0, 0.1) is 4.64 Å². The summed E-state index contributed by atoms with van der Waals surface area (Å²) in [6.07, 6.45) is 1.73. The highest BCUT2D eigenvalue weighted by molar-refractivity contribution is 7.71. The minimum atomic E-state index is 0.697. The van der Waals surface area contributed by atoms with Crippen molar-refractivity contribution in [3.63, 3.8) is 0 Å². The molecule has 0 aliphatic heterocycles. The minimum Gasteiger partial charge on any atom is -0.331 e. The predicted molar refractivity (Wildman–Crippen MR) is 72.4 cm³/mol. The fourth-order valence-electron chi connectivity index (χ4n) is 1.85. The van der Waals surface area contributed by atoms with Crippen molar-refractivity contribution < 1.29 is 0 Å². The van der Waals surface area contributed by atoms with Gasteiger partial charge in [-0.25, -0.2) is 4.98 Å². The van der Waals surface area contributed by atoms with Crippen molar-refractivity contribution in [2.75, 3.05) is 0 Å². The standard InChI is InChI=1S/C14H10N2S/c17-13-7-8-15-14(16-13)12-6-5-10-3-1-2-4-11(10)9-12/h1-9H,(H,15,16,17). The van der Waals surface area contributed by atoms with Crippen molar-refractivity contribution in [2.45, 2.75) is 0 Å². The van der Waals surface area contributed by atoms with Crippen LogP contribution >= 0.6 is 12.2 Å². The molecule has 0 unspecified atom stereocenters. The van der Waals surface area contributed by atoms with Gasteiger partial charge in [0.1, 0.15) is 10.5 Å². The monoisotopic (exact) mass is 238 g/mol. The Morgan fingerprint density at radius 1 is 0.941 bits per heavy atom. The van der Waals surface area contributed by atoms with E-state index in [0.29, 0.717) is 4.64 Å². The highest BCUT2D eigenvalue weighted by Crippen LogP contribution is 2.21. The maximum absolute atomic E-state index is 5.10. The Balaban J connectivity index is 2.21. The lowest BCUT2D eigenvalue weighted by atomic mass is 10.1. The van der Waals surface area contributed by atoms with Gasteiger partial charge in [-0.3, -0.25) is 0 Å². The lowest BCUT2D eigenvalue weighted by molar-refractivity contribution is 1.16. The van der Waals surface area contributed by atoms with Crippen LogP contribution in [-0.4, -0.2) is 9.97 Å². The van der Waals surface area contributed by atoms with Gasteiger partial charge >= 0.3 is 0 Å². The van der Waals surface area contributed by atoms with Crippen LogP contribution in [0.25, 0.3) is 22.2 Å². The molecule has 3 rings (SSSR count). The smallest absolute Gasteiger partial charge is 0.138 e. The molecule has 1 aromatic heterocycles. The summed E-state index contributed by atoms with van der Waals surface area (Å²) < 4.78 is 0.697. The van der Waals surface area contributed by atoms with Crippen LogP contribution in [0.1, 0.15) is 0 Å². The summed E-state index contributed by atoms with van der Waals surface area (Å²) in [6, 6.07) is 16.3. The molecule has 1 N–H and O–H groups in total. The number of aromatic nitrogens is 2. The van der Waals surface area contributed by atoms with E-state index in [9.17, 15) is 0 Å². The largest absolute Gasteiger partial charge is 0.331 e. The third kappa shape index (κ3) is 1.97. The molecule has 2 aromatic carbocycles. The van der Waals surface area contributed by atoms with E-state index in [1.54, 1.807) is 12.3 Å². The maximum atomic E-state index is 5.10. The number of aromatic amines is 1. The lowest BCUT2D eigenvalue weighted by Gasteiger charge is -2.03. The fraction of sp³-hybridized carbons (Fsp3) is 0. The van der Waals surface area contributed by atoms with Gasteiger partial charge in [0.05, 0.1) is 0 Å². The van der Waals surface area contributed by atoms with Gasteiger partial charge in [-0.15, -0.1) is 0 Å². The molecule has 0 bridgehead atoms. The van der Waals surface area contributed by atoms with E-state index in [2.05, 4.69) is 40.3 Å². The first-order valence-corrected chi connectivity index (χ1v) is 5.78. The molecule has 17 heavy (non-hydrogen) atoms. The van der Waals surface area contributed by atoms with E-state index in [4.69, 9.17) is 12.2 Å². The van der Waals surface area contributed by atoms with E-state index < -0.39 is 0 Å². The Morgan fingerprint density at radius 3 is 2.59 bits per heavy atom. The molecule has 82 valence electrons. The molecular weight excluding hydrogens is 228 g/mol. The van der Waals surface area contributed by atoms with E-state index in [1.807, 2.05) is 12.1 Å². The van der Waals surface area contributed by atoms with Gasteiger partial charge in [-0.1, -0.05) is 48.6 Å². The third-order valence-corrected chi connectivity index (χ3v) is 2.93. The normalized spacial score (nSPS) is 10.6. The molecule has 0 amide bonds. The summed E-state index contributed by atoms with van der Waals surface area (Å²) in [5.74, 6) is 0.809. The average molecular weight is 238 g/mol. The zero-order chi connectivity index (χ0) is 11.7. The molecule has 3 aromatic rings. The van der Waals surface area contributed by atoms with Gasteiger partial charge < -0.3 is 4.98 Å². The highest BCUT2D eigenvalue weighted by Gasteiger charge is 2.00. The second kappa shape index (κ2) is 4.11. The maximum Gasteiger partial charge on any atom is 0.138 e. The number of H-pyrrole nitrogens is 1. The quantitative estimate of drug-likeness (QED) is 0.650. The van der Waals surface area contributed by atoms with Gasteiger partial charge in [0.15, 0.2) is 0 Å². The number of fused-ring (bicyclic) bond motifs is 1. The summed E-state index contributed by atoms with van der Waals surface area (Å²) in [5, 5.41) is 2.43. The highest BCUT2D eigenvalue weighted by atomic mass is 32.1. The number of nitrogens with zero attached hydrogens (tertiary/aromatic N) is 1. The third-order valence-electron chi connectivity index (χ3n) is 2.69. The zero-order valence-corrected chi connectivity index (χ0v) is 9.87. The van der Waals surface area contributed by atoms with E-state index in [1.165, 1.54) is 10.8 Å². The van der Waals surface area contributed by atoms with Crippen LogP contribution in [0.15, 0.2) is 54.7 Å². The molecular formula is C14H10N2S. The zero-order valence-electron chi connectivity index (χ0n) is 9.05. The first-order valence-electron chi connectivity index (χ1n) is 5.37. The van der Waals surface area contributed by atoms with Crippen LogP contribution in [0.3, 0.4) is 0 Å². The SMILES string of the molecule is S=c1ccnc(-c2ccc3ccccc3c2)[nH]1. The van der Waals surface area contributed by atoms with Gasteiger partial charge in [0.25, 0.3) is 0 Å². The first-order chi connectivity index (χ1) is 8.33. The molecule has 0 radical (unpaired) electrons. The summed E-state index contributed by atoms with van der Waals surface area (Å²) in [5.41, 5.74) is 1.05. The van der Waals surface area contributed by atoms with Crippen molar-refractivity contribution >= 4 is 23.0 Å². The minimum absolute atomic E-state index is 0.697. The fourth-order valence-corrected chi connectivity index (χ4v) is 2.01. The summed E-state index contributed by atoms with van der Waals surface area (Å²) >= 11 is 5.10. The van der Waals surface area contributed by atoms with E-state index in [-0.39, 0.29) is 0 Å². The van der Waals surface area contributed by atoms with Crippen molar-refractivity contribution in [1.82, 2.24) is 9.97 Å². The van der Waals surface area contributed by atoms with Crippen molar-refractivity contribution in [3.05, 3.63) is 59.4 Å². The average Bonchev–Trinajstić information content (AvgIpc) is 2.38. The van der Waals surface area contributed by atoms with Crippen molar-refractivity contribution in [1.29, 1.82) is 0 Å². The summed E-state index contributed by atoms with van der Waals surface area (Å²) in [7, 11) is 0. The van der Waals surface area contributed by atoms with Crippen LogP contribution < -0.4 is 0 Å². The van der Waals surface area contributed by atoms with Gasteiger partial charge in [0, 0.05) is 11.8 Å².